The molecule has 0 saturated heterocycles. The molecule has 0 aliphatic heterocycles. The minimum absolute atomic E-state index is 0.319. The van der Waals surface area contributed by atoms with Crippen molar-refractivity contribution in [1.82, 2.24) is 4.57 Å². The molecular weight excluding hydrogens is 378 g/mol. The predicted molar refractivity (Wildman–Crippen MR) is 113 cm³/mol. The average Bonchev–Trinajstić information content (AvgIpc) is 3.02. The summed E-state index contributed by atoms with van der Waals surface area (Å²) >= 11 is 7.04. The second-order valence-corrected chi connectivity index (χ2v) is 7.41. The van der Waals surface area contributed by atoms with Crippen LogP contribution in [0.5, 0.6) is 0 Å². The molecule has 3 aromatic carbocycles. The number of carbonyl (C=O) groups excluding carboxylic acids is 1. The molecule has 0 atom stereocenters. The number of allylic oxidation sites excluding steroid dienone is 1. The first-order valence-corrected chi connectivity index (χ1v) is 9.50. The Balaban J connectivity index is 1.66. The van der Waals surface area contributed by atoms with E-state index >= 15 is 0 Å². The summed E-state index contributed by atoms with van der Waals surface area (Å²) < 4.78 is 1.89. The van der Waals surface area contributed by atoms with Gasteiger partial charge < -0.3 is 0 Å². The first kappa shape index (κ1) is 17.5. The van der Waals surface area contributed by atoms with Gasteiger partial charge in [-0.3, -0.25) is 9.59 Å². The minimum Gasteiger partial charge on any atom is -0.269 e. The number of nitrogens with zero attached hydrogens (tertiary/aromatic N) is 1. The summed E-state index contributed by atoms with van der Waals surface area (Å²) in [6.45, 7) is 0. The fourth-order valence-electron chi connectivity index (χ4n) is 2.89. The van der Waals surface area contributed by atoms with Gasteiger partial charge in [0.15, 0.2) is 0 Å². The number of benzene rings is 3. The number of rotatable bonds is 3. The van der Waals surface area contributed by atoms with Crippen LogP contribution in [0.2, 0.25) is 5.02 Å². The molecule has 0 fully saturated rings. The first-order chi connectivity index (χ1) is 13.1. The third kappa shape index (κ3) is 3.63. The Hall–Kier alpha value is -2.95. The number of hydrogen-bond donors (Lipinski definition) is 0. The Labute approximate surface area is 164 Å². The van der Waals surface area contributed by atoms with Gasteiger partial charge in [0, 0.05) is 11.1 Å². The largest absolute Gasteiger partial charge is 0.315 e. The van der Waals surface area contributed by atoms with Crippen molar-refractivity contribution < 1.29 is 4.79 Å². The van der Waals surface area contributed by atoms with Gasteiger partial charge in [0.1, 0.15) is 0 Å². The van der Waals surface area contributed by atoms with E-state index in [-0.39, 0.29) is 4.87 Å². The summed E-state index contributed by atoms with van der Waals surface area (Å²) in [5.41, 5.74) is 3.59. The van der Waals surface area contributed by atoms with Crippen LogP contribution in [0, 0.1) is 0 Å². The number of thiazole rings is 1. The molecule has 3 nitrogen and oxygen atoms in total. The van der Waals surface area contributed by atoms with E-state index in [9.17, 15) is 9.59 Å². The van der Waals surface area contributed by atoms with Crippen LogP contribution in [-0.4, -0.2) is 10.5 Å². The number of hydrogen-bond acceptors (Lipinski definition) is 3. The normalized spacial score (nSPS) is 11.3. The molecule has 1 aromatic heterocycles. The molecule has 0 spiro atoms. The Morgan fingerprint density at radius 2 is 1.70 bits per heavy atom. The summed E-state index contributed by atoms with van der Waals surface area (Å²) in [6, 6.07) is 23.0. The van der Waals surface area contributed by atoms with Crippen LogP contribution in [0.15, 0.2) is 83.7 Å². The first-order valence-electron chi connectivity index (χ1n) is 8.31. The molecule has 0 saturated carbocycles. The Morgan fingerprint density at radius 1 is 0.926 bits per heavy atom. The Bertz CT molecular complexity index is 1220. The van der Waals surface area contributed by atoms with Crippen LogP contribution in [-0.2, 0) is 0 Å². The van der Waals surface area contributed by atoms with Crippen LogP contribution in [0.25, 0.3) is 27.4 Å². The molecule has 5 heteroatoms. The van der Waals surface area contributed by atoms with Gasteiger partial charge in [0.2, 0.25) is 0 Å². The molecule has 27 heavy (non-hydrogen) atoms. The van der Waals surface area contributed by atoms with Crippen LogP contribution >= 0.6 is 22.9 Å². The molecule has 132 valence electrons. The molecule has 0 N–H and O–H groups in total. The van der Waals surface area contributed by atoms with Crippen molar-refractivity contribution in [3.63, 3.8) is 0 Å². The highest BCUT2D eigenvalue weighted by molar-refractivity contribution is 7.16. The SMILES string of the molecule is O=C(/C=C/c1cccc(-c2ccccc2)c1)n1c(=O)sc2ccc(Cl)cc21. The molecule has 4 aromatic rings. The molecule has 4 rings (SSSR count). The topological polar surface area (TPSA) is 39.1 Å². The van der Waals surface area contributed by atoms with Crippen LogP contribution < -0.4 is 4.87 Å². The summed E-state index contributed by atoms with van der Waals surface area (Å²) in [5.74, 6) is -0.390. The molecule has 1 heterocycles. The Kier molecular flexibility index (Phi) is 4.75. The van der Waals surface area contributed by atoms with Gasteiger partial charge in [-0.1, -0.05) is 71.5 Å². The van der Waals surface area contributed by atoms with E-state index < -0.39 is 5.91 Å². The van der Waals surface area contributed by atoms with Crippen molar-refractivity contribution in [3.05, 3.63) is 99.1 Å². The van der Waals surface area contributed by atoms with Crippen molar-refractivity contribution in [2.45, 2.75) is 0 Å². The van der Waals surface area contributed by atoms with E-state index in [1.165, 1.54) is 6.08 Å². The molecular formula is C22H14ClNO2S. The van der Waals surface area contributed by atoms with E-state index in [0.29, 0.717) is 10.5 Å². The number of aromatic nitrogens is 1. The molecule has 0 radical (unpaired) electrons. The van der Waals surface area contributed by atoms with E-state index in [1.807, 2.05) is 54.6 Å². The van der Waals surface area contributed by atoms with Crippen LogP contribution in [0.3, 0.4) is 0 Å². The van der Waals surface area contributed by atoms with Crippen molar-refractivity contribution in [3.8, 4) is 11.1 Å². The van der Waals surface area contributed by atoms with Gasteiger partial charge in [-0.2, -0.15) is 0 Å². The summed E-state index contributed by atoms with van der Waals surface area (Å²) in [4.78, 5) is 24.5. The average molecular weight is 392 g/mol. The standard InChI is InChI=1S/C22H14ClNO2S/c23-18-10-11-20-19(14-18)24(22(26)27-20)21(25)12-9-15-5-4-8-17(13-15)16-6-2-1-3-7-16/h1-14H/b12-9+. The second kappa shape index (κ2) is 7.35. The lowest BCUT2D eigenvalue weighted by atomic mass is 10.0. The maximum Gasteiger partial charge on any atom is 0.315 e. The summed E-state index contributed by atoms with van der Waals surface area (Å²) in [7, 11) is 0. The van der Waals surface area contributed by atoms with Crippen molar-refractivity contribution >= 4 is 45.1 Å². The van der Waals surface area contributed by atoms with Gasteiger partial charge in [-0.05, 0) is 47.0 Å². The molecule has 0 amide bonds. The number of halogens is 1. The smallest absolute Gasteiger partial charge is 0.269 e. The minimum atomic E-state index is -0.390. The van der Waals surface area contributed by atoms with Gasteiger partial charge in [-0.25, -0.2) is 4.57 Å². The van der Waals surface area contributed by atoms with Gasteiger partial charge >= 0.3 is 4.87 Å². The lowest BCUT2D eigenvalue weighted by Gasteiger charge is -2.03. The zero-order valence-electron chi connectivity index (χ0n) is 14.1. The van der Waals surface area contributed by atoms with Crippen molar-refractivity contribution in [1.29, 1.82) is 0 Å². The van der Waals surface area contributed by atoms with Crippen molar-refractivity contribution in [2.24, 2.45) is 0 Å². The zero-order chi connectivity index (χ0) is 18.8. The van der Waals surface area contributed by atoms with Gasteiger partial charge in [-0.15, -0.1) is 0 Å². The van der Waals surface area contributed by atoms with Crippen LogP contribution in [0.4, 0.5) is 0 Å². The lowest BCUT2D eigenvalue weighted by molar-refractivity contribution is 0.0972. The molecule has 0 bridgehead atoms. The molecule has 0 aliphatic rings. The van der Waals surface area contributed by atoms with E-state index in [0.717, 1.165) is 37.3 Å². The highest BCUT2D eigenvalue weighted by atomic mass is 35.5. The maximum atomic E-state index is 12.6. The number of carbonyl (C=O) groups is 1. The summed E-state index contributed by atoms with van der Waals surface area (Å²) in [6.07, 6.45) is 3.13. The highest BCUT2D eigenvalue weighted by Gasteiger charge is 2.12. The monoisotopic (exact) mass is 391 g/mol. The second-order valence-electron chi connectivity index (χ2n) is 5.98. The van der Waals surface area contributed by atoms with Gasteiger partial charge in [0.05, 0.1) is 10.2 Å². The zero-order valence-corrected chi connectivity index (χ0v) is 15.7. The molecule has 0 aliphatic carbocycles. The van der Waals surface area contributed by atoms with Crippen LogP contribution in [0.1, 0.15) is 10.4 Å². The predicted octanol–water partition coefficient (Wildman–Crippen LogP) is 5.74. The fraction of sp³-hybridized carbons (Fsp3) is 0. The summed E-state index contributed by atoms with van der Waals surface area (Å²) in [5, 5.41) is 0.487. The lowest BCUT2D eigenvalue weighted by Crippen LogP contribution is -2.19. The quantitative estimate of drug-likeness (QED) is 0.418. The number of fused-ring (bicyclic) bond motifs is 1. The van der Waals surface area contributed by atoms with E-state index in [4.69, 9.17) is 11.6 Å². The van der Waals surface area contributed by atoms with Gasteiger partial charge in [0.25, 0.3) is 5.91 Å². The third-order valence-electron chi connectivity index (χ3n) is 4.17. The van der Waals surface area contributed by atoms with E-state index in [1.54, 1.807) is 24.3 Å². The third-order valence-corrected chi connectivity index (χ3v) is 5.33. The van der Waals surface area contributed by atoms with E-state index in [2.05, 4.69) is 0 Å². The van der Waals surface area contributed by atoms with Crippen molar-refractivity contribution in [2.75, 3.05) is 0 Å². The fourth-order valence-corrected chi connectivity index (χ4v) is 3.92. The Morgan fingerprint density at radius 3 is 2.52 bits per heavy atom. The maximum absolute atomic E-state index is 12.6. The highest BCUT2D eigenvalue weighted by Crippen LogP contribution is 2.22. The molecule has 0 unspecified atom stereocenters.